The zero-order chi connectivity index (χ0) is 14.0. The minimum absolute atomic E-state index is 0.288. The van der Waals surface area contributed by atoms with E-state index in [2.05, 4.69) is 4.98 Å². The number of fused-ring (bicyclic) bond motifs is 1. The minimum atomic E-state index is -0.337. The second-order valence-corrected chi connectivity index (χ2v) is 5.10. The first kappa shape index (κ1) is 13.8. The molecule has 0 aliphatic rings. The van der Waals surface area contributed by atoms with Crippen LogP contribution in [0.2, 0.25) is 0 Å². The molecule has 2 rings (SSSR count). The average Bonchev–Trinajstić information content (AvgIpc) is 2.67. The molecule has 1 atom stereocenters. The second kappa shape index (κ2) is 5.57. The van der Waals surface area contributed by atoms with Crippen LogP contribution < -0.4 is 5.73 Å². The maximum Gasteiger partial charge on any atom is 0.217 e. The predicted octanol–water partition coefficient (Wildman–Crippen LogP) is 2.74. The van der Waals surface area contributed by atoms with Gasteiger partial charge < -0.3 is 10.3 Å². The number of nitrogens with two attached hydrogens (primary N) is 1. The van der Waals surface area contributed by atoms with Gasteiger partial charge in [-0.1, -0.05) is 0 Å². The monoisotopic (exact) mass is 283 g/mol. The first-order valence-electron chi connectivity index (χ1n) is 6.07. The fourth-order valence-corrected chi connectivity index (χ4v) is 2.24. The summed E-state index contributed by atoms with van der Waals surface area (Å²) in [5.41, 5.74) is 6.51. The summed E-state index contributed by atoms with van der Waals surface area (Å²) in [5.74, 6) is 0.00531. The van der Waals surface area contributed by atoms with Gasteiger partial charge in [0.05, 0.1) is 16.4 Å². The fraction of sp³-hybridized carbons (Fsp3) is 0.385. The summed E-state index contributed by atoms with van der Waals surface area (Å²) < 4.78 is 15.1. The summed E-state index contributed by atoms with van der Waals surface area (Å²) in [6.45, 7) is 2.39. The van der Waals surface area contributed by atoms with Crippen LogP contribution >= 0.6 is 11.6 Å². The normalized spacial score (nSPS) is 12.8. The summed E-state index contributed by atoms with van der Waals surface area (Å²) in [4.78, 5) is 15.1. The van der Waals surface area contributed by atoms with Gasteiger partial charge in [-0.3, -0.25) is 4.79 Å². The molecular weight excluding hydrogens is 269 g/mol. The van der Waals surface area contributed by atoms with Crippen molar-refractivity contribution in [3.05, 3.63) is 29.8 Å². The maximum atomic E-state index is 13.2. The zero-order valence-corrected chi connectivity index (χ0v) is 11.3. The Bertz CT molecular complexity index is 609. The second-order valence-electron chi connectivity index (χ2n) is 4.44. The van der Waals surface area contributed by atoms with Crippen LogP contribution in [0.3, 0.4) is 0 Å². The van der Waals surface area contributed by atoms with Gasteiger partial charge in [-0.15, -0.1) is 11.6 Å². The zero-order valence-electron chi connectivity index (χ0n) is 10.6. The third-order valence-corrected chi connectivity index (χ3v) is 3.10. The van der Waals surface area contributed by atoms with Gasteiger partial charge in [0.15, 0.2) is 0 Å². The van der Waals surface area contributed by atoms with Gasteiger partial charge in [-0.2, -0.15) is 0 Å². The van der Waals surface area contributed by atoms with Crippen molar-refractivity contribution in [3.8, 4) is 0 Å². The highest BCUT2D eigenvalue weighted by Gasteiger charge is 2.15. The molecular formula is C13H15ClFN3O. The molecule has 102 valence electrons. The van der Waals surface area contributed by atoms with Gasteiger partial charge in [-0.05, 0) is 25.5 Å². The number of imidazole rings is 1. The van der Waals surface area contributed by atoms with Crippen molar-refractivity contribution in [2.75, 3.05) is 0 Å². The van der Waals surface area contributed by atoms with Crippen molar-refractivity contribution in [2.45, 2.75) is 31.7 Å². The number of hydrogen-bond donors (Lipinski definition) is 1. The highest BCUT2D eigenvalue weighted by molar-refractivity contribution is 6.20. The standard InChI is InChI=1S/C13H15ClFN3O/c1-8(14)13-17-10-7-9(15)4-5-11(10)18(13)6-2-3-12(16)19/h4-5,7-8H,2-3,6H2,1H3,(H2,16,19). The lowest BCUT2D eigenvalue weighted by Crippen LogP contribution is -2.12. The summed E-state index contributed by atoms with van der Waals surface area (Å²) in [6, 6.07) is 4.44. The lowest BCUT2D eigenvalue weighted by atomic mass is 10.2. The molecule has 1 aromatic carbocycles. The molecule has 6 heteroatoms. The third kappa shape index (κ3) is 3.04. The van der Waals surface area contributed by atoms with E-state index in [1.54, 1.807) is 6.07 Å². The topological polar surface area (TPSA) is 60.9 Å². The largest absolute Gasteiger partial charge is 0.370 e. The Hall–Kier alpha value is -1.62. The number of amides is 1. The van der Waals surface area contributed by atoms with Crippen LogP contribution in [-0.2, 0) is 11.3 Å². The fourth-order valence-electron chi connectivity index (χ4n) is 2.07. The quantitative estimate of drug-likeness (QED) is 0.858. The third-order valence-electron chi connectivity index (χ3n) is 2.90. The Morgan fingerprint density at radius 3 is 2.95 bits per heavy atom. The highest BCUT2D eigenvalue weighted by atomic mass is 35.5. The van der Waals surface area contributed by atoms with Gasteiger partial charge >= 0.3 is 0 Å². The van der Waals surface area contributed by atoms with Crippen molar-refractivity contribution in [3.63, 3.8) is 0 Å². The van der Waals surface area contributed by atoms with Crippen LogP contribution in [0.4, 0.5) is 4.39 Å². The van der Waals surface area contributed by atoms with Gasteiger partial charge in [0.25, 0.3) is 0 Å². The van der Waals surface area contributed by atoms with Gasteiger partial charge in [0, 0.05) is 19.0 Å². The van der Waals surface area contributed by atoms with Crippen LogP contribution in [0.5, 0.6) is 0 Å². The van der Waals surface area contributed by atoms with E-state index >= 15 is 0 Å². The molecule has 0 fully saturated rings. The van der Waals surface area contributed by atoms with Crippen LogP contribution in [0.15, 0.2) is 18.2 Å². The Morgan fingerprint density at radius 2 is 2.32 bits per heavy atom. The molecule has 0 saturated carbocycles. The first-order chi connectivity index (χ1) is 8.99. The molecule has 4 nitrogen and oxygen atoms in total. The molecule has 19 heavy (non-hydrogen) atoms. The van der Waals surface area contributed by atoms with Gasteiger partial charge in [0.1, 0.15) is 11.6 Å². The molecule has 1 aromatic heterocycles. The molecule has 2 aromatic rings. The van der Waals surface area contributed by atoms with Gasteiger partial charge in [0.2, 0.25) is 5.91 Å². The summed E-state index contributed by atoms with van der Waals surface area (Å²) >= 11 is 6.09. The van der Waals surface area contributed by atoms with Crippen molar-refractivity contribution in [2.24, 2.45) is 5.73 Å². The van der Waals surface area contributed by atoms with E-state index in [0.29, 0.717) is 30.7 Å². The first-order valence-corrected chi connectivity index (χ1v) is 6.50. The number of primary amides is 1. The van der Waals surface area contributed by atoms with Crippen molar-refractivity contribution >= 4 is 28.5 Å². The molecule has 0 saturated heterocycles. The Balaban J connectivity index is 2.37. The average molecular weight is 284 g/mol. The van der Waals surface area contributed by atoms with Crippen LogP contribution in [0.1, 0.15) is 31.0 Å². The lowest BCUT2D eigenvalue weighted by Gasteiger charge is -2.09. The van der Waals surface area contributed by atoms with Crippen LogP contribution in [-0.4, -0.2) is 15.5 Å². The molecule has 0 spiro atoms. The van der Waals surface area contributed by atoms with Crippen molar-refractivity contribution in [1.82, 2.24) is 9.55 Å². The number of benzene rings is 1. The number of alkyl halides is 1. The summed E-state index contributed by atoms with van der Waals surface area (Å²) in [6.07, 6.45) is 0.908. The SMILES string of the molecule is CC(Cl)c1nc2cc(F)ccc2n1CCCC(N)=O. The Kier molecular flexibility index (Phi) is 4.04. The van der Waals surface area contributed by atoms with E-state index < -0.39 is 0 Å². The maximum absolute atomic E-state index is 13.2. The van der Waals surface area contributed by atoms with Gasteiger partial charge in [-0.25, -0.2) is 9.37 Å². The van der Waals surface area contributed by atoms with E-state index in [-0.39, 0.29) is 17.1 Å². The molecule has 0 radical (unpaired) electrons. The minimum Gasteiger partial charge on any atom is -0.370 e. The molecule has 0 bridgehead atoms. The molecule has 0 aliphatic heterocycles. The molecule has 0 aliphatic carbocycles. The van der Waals surface area contributed by atoms with E-state index in [1.165, 1.54) is 12.1 Å². The number of rotatable bonds is 5. The molecule has 2 N–H and O–H groups in total. The Labute approximate surface area is 115 Å². The lowest BCUT2D eigenvalue weighted by molar-refractivity contribution is -0.118. The molecule has 1 amide bonds. The van der Waals surface area contributed by atoms with E-state index in [1.807, 2.05) is 11.5 Å². The number of carbonyl (C=O) groups excluding carboxylic acids is 1. The molecule has 1 unspecified atom stereocenters. The van der Waals surface area contributed by atoms with Crippen molar-refractivity contribution < 1.29 is 9.18 Å². The van der Waals surface area contributed by atoms with Crippen molar-refractivity contribution in [1.29, 1.82) is 0 Å². The predicted molar refractivity (Wildman–Crippen MR) is 72.4 cm³/mol. The summed E-state index contributed by atoms with van der Waals surface area (Å²) in [7, 11) is 0. The number of aryl methyl sites for hydroxylation is 1. The Morgan fingerprint density at radius 1 is 1.58 bits per heavy atom. The van der Waals surface area contributed by atoms with Crippen LogP contribution in [0.25, 0.3) is 11.0 Å². The number of aromatic nitrogens is 2. The molecule has 1 heterocycles. The number of carbonyl (C=O) groups is 1. The van der Waals surface area contributed by atoms with E-state index in [9.17, 15) is 9.18 Å². The van der Waals surface area contributed by atoms with E-state index in [0.717, 1.165) is 5.52 Å². The number of halogens is 2. The van der Waals surface area contributed by atoms with E-state index in [4.69, 9.17) is 17.3 Å². The number of nitrogens with zero attached hydrogens (tertiary/aromatic N) is 2. The number of hydrogen-bond acceptors (Lipinski definition) is 2. The smallest absolute Gasteiger partial charge is 0.217 e. The summed E-state index contributed by atoms with van der Waals surface area (Å²) in [5, 5.41) is -0.288. The highest BCUT2D eigenvalue weighted by Crippen LogP contribution is 2.25. The van der Waals surface area contributed by atoms with Crippen LogP contribution in [0, 0.1) is 5.82 Å².